The second-order valence-electron chi connectivity index (χ2n) is 5.92. The van der Waals surface area contributed by atoms with Crippen molar-refractivity contribution in [3.8, 4) is 5.75 Å². The van der Waals surface area contributed by atoms with Gasteiger partial charge in [0.05, 0.1) is 12.1 Å². The fraction of sp³-hybridized carbons (Fsp3) is 0.562. The second kappa shape index (κ2) is 5.83. The Morgan fingerprint density at radius 2 is 2.25 bits per heavy atom. The molecule has 4 heteroatoms. The lowest BCUT2D eigenvalue weighted by atomic mass is 9.96. The van der Waals surface area contributed by atoms with Gasteiger partial charge in [-0.25, -0.2) is 0 Å². The Labute approximate surface area is 120 Å². The van der Waals surface area contributed by atoms with Crippen LogP contribution >= 0.6 is 0 Å². The van der Waals surface area contributed by atoms with E-state index < -0.39 is 11.6 Å². The van der Waals surface area contributed by atoms with Crippen LogP contribution in [0.3, 0.4) is 0 Å². The van der Waals surface area contributed by atoms with Crippen LogP contribution in [0.5, 0.6) is 5.75 Å². The highest BCUT2D eigenvalue weighted by Crippen LogP contribution is 2.39. The number of hydrogen-bond acceptors (Lipinski definition) is 3. The molecule has 1 saturated carbocycles. The average Bonchev–Trinajstić information content (AvgIpc) is 3.23. The third-order valence-electron chi connectivity index (χ3n) is 3.89. The number of carbonyl (C=O) groups is 1. The maximum absolute atomic E-state index is 12.2. The third-order valence-corrected chi connectivity index (χ3v) is 3.89. The van der Waals surface area contributed by atoms with Crippen LogP contribution in [0.25, 0.3) is 0 Å². The summed E-state index contributed by atoms with van der Waals surface area (Å²) in [5.41, 5.74) is 0.565. The SMILES string of the molecule is Cc1cccc(OC(C)C(=O)NC(C)(CO)C2CC2)c1. The van der Waals surface area contributed by atoms with E-state index in [9.17, 15) is 9.90 Å². The lowest BCUT2D eigenvalue weighted by Crippen LogP contribution is -2.54. The summed E-state index contributed by atoms with van der Waals surface area (Å²) in [7, 11) is 0. The van der Waals surface area contributed by atoms with Crippen molar-refractivity contribution in [1.82, 2.24) is 5.32 Å². The summed E-state index contributed by atoms with van der Waals surface area (Å²) in [6, 6.07) is 7.61. The largest absolute Gasteiger partial charge is 0.481 e. The summed E-state index contributed by atoms with van der Waals surface area (Å²) in [6.45, 7) is 5.55. The number of nitrogens with one attached hydrogen (secondary N) is 1. The van der Waals surface area contributed by atoms with Crippen molar-refractivity contribution < 1.29 is 14.6 Å². The van der Waals surface area contributed by atoms with Crippen LogP contribution < -0.4 is 10.1 Å². The molecule has 4 nitrogen and oxygen atoms in total. The molecule has 1 aliphatic carbocycles. The molecule has 0 radical (unpaired) electrons. The lowest BCUT2D eigenvalue weighted by molar-refractivity contribution is -0.130. The van der Waals surface area contributed by atoms with Gasteiger partial charge in [0.2, 0.25) is 0 Å². The normalized spacial score (nSPS) is 19.0. The van der Waals surface area contributed by atoms with Crippen LogP contribution in [-0.4, -0.2) is 29.3 Å². The first-order valence-corrected chi connectivity index (χ1v) is 7.11. The van der Waals surface area contributed by atoms with Gasteiger partial charge in [-0.2, -0.15) is 0 Å². The number of aliphatic hydroxyl groups excluding tert-OH is 1. The zero-order chi connectivity index (χ0) is 14.8. The zero-order valence-corrected chi connectivity index (χ0v) is 12.3. The van der Waals surface area contributed by atoms with Crippen molar-refractivity contribution in [2.45, 2.75) is 45.3 Å². The molecule has 0 saturated heterocycles. The molecule has 0 spiro atoms. The molecule has 1 aliphatic rings. The summed E-state index contributed by atoms with van der Waals surface area (Å²) in [4.78, 5) is 12.2. The number of amides is 1. The van der Waals surface area contributed by atoms with Crippen molar-refractivity contribution >= 4 is 5.91 Å². The fourth-order valence-electron chi connectivity index (χ4n) is 2.32. The highest BCUT2D eigenvalue weighted by molar-refractivity contribution is 5.81. The van der Waals surface area contributed by atoms with Crippen molar-refractivity contribution in [2.24, 2.45) is 5.92 Å². The van der Waals surface area contributed by atoms with Gasteiger partial charge in [-0.3, -0.25) is 4.79 Å². The van der Waals surface area contributed by atoms with Gasteiger partial charge in [-0.1, -0.05) is 12.1 Å². The van der Waals surface area contributed by atoms with E-state index in [1.54, 1.807) is 6.92 Å². The quantitative estimate of drug-likeness (QED) is 0.836. The minimum atomic E-state index is -0.582. The van der Waals surface area contributed by atoms with E-state index in [0.29, 0.717) is 11.7 Å². The summed E-state index contributed by atoms with van der Waals surface area (Å²) >= 11 is 0. The number of benzene rings is 1. The molecule has 110 valence electrons. The Morgan fingerprint density at radius 1 is 1.55 bits per heavy atom. The molecule has 1 aromatic carbocycles. The number of aliphatic hydroxyl groups is 1. The molecule has 0 aromatic heterocycles. The number of ether oxygens (including phenoxy) is 1. The first kappa shape index (κ1) is 14.9. The van der Waals surface area contributed by atoms with Crippen molar-refractivity contribution in [3.05, 3.63) is 29.8 Å². The molecule has 1 fully saturated rings. The molecule has 20 heavy (non-hydrogen) atoms. The topological polar surface area (TPSA) is 58.6 Å². The summed E-state index contributed by atoms with van der Waals surface area (Å²) in [6.07, 6.45) is 1.54. The van der Waals surface area contributed by atoms with E-state index in [2.05, 4.69) is 5.32 Å². The standard InChI is InChI=1S/C16H23NO3/c1-11-5-4-6-14(9-11)20-12(2)15(19)17-16(3,10-18)13-7-8-13/h4-6,9,12-13,18H,7-8,10H2,1-3H3,(H,17,19). The monoisotopic (exact) mass is 277 g/mol. The zero-order valence-electron chi connectivity index (χ0n) is 12.3. The van der Waals surface area contributed by atoms with Crippen molar-refractivity contribution in [3.63, 3.8) is 0 Å². The molecule has 0 aliphatic heterocycles. The minimum Gasteiger partial charge on any atom is -0.481 e. The Morgan fingerprint density at radius 3 is 2.80 bits per heavy atom. The van der Waals surface area contributed by atoms with E-state index >= 15 is 0 Å². The van der Waals surface area contributed by atoms with Crippen LogP contribution in [0.15, 0.2) is 24.3 Å². The van der Waals surface area contributed by atoms with E-state index in [1.807, 2.05) is 38.1 Å². The molecule has 2 N–H and O–H groups in total. The molecule has 1 amide bonds. The molecule has 0 bridgehead atoms. The Kier molecular flexibility index (Phi) is 4.33. The van der Waals surface area contributed by atoms with E-state index in [-0.39, 0.29) is 12.5 Å². The van der Waals surface area contributed by atoms with E-state index in [0.717, 1.165) is 18.4 Å². The van der Waals surface area contributed by atoms with Crippen molar-refractivity contribution in [2.75, 3.05) is 6.61 Å². The van der Waals surface area contributed by atoms with Gasteiger partial charge in [-0.05, 0) is 57.2 Å². The van der Waals surface area contributed by atoms with Gasteiger partial charge < -0.3 is 15.2 Å². The van der Waals surface area contributed by atoms with E-state index in [4.69, 9.17) is 4.74 Å². The summed E-state index contributed by atoms with van der Waals surface area (Å²) < 4.78 is 5.65. The Bertz CT molecular complexity index is 484. The predicted octanol–water partition coefficient (Wildman–Crippen LogP) is 2.04. The predicted molar refractivity (Wildman–Crippen MR) is 77.6 cm³/mol. The average molecular weight is 277 g/mol. The van der Waals surface area contributed by atoms with Gasteiger partial charge in [0.1, 0.15) is 5.75 Å². The molecular weight excluding hydrogens is 254 g/mol. The Balaban J connectivity index is 1.95. The number of hydrogen-bond donors (Lipinski definition) is 2. The van der Waals surface area contributed by atoms with Crippen LogP contribution in [0.1, 0.15) is 32.3 Å². The second-order valence-corrected chi connectivity index (χ2v) is 5.92. The smallest absolute Gasteiger partial charge is 0.261 e. The number of rotatable bonds is 6. The summed E-state index contributed by atoms with van der Waals surface area (Å²) in [5, 5.41) is 12.4. The van der Waals surface area contributed by atoms with E-state index in [1.165, 1.54) is 0 Å². The molecule has 2 atom stereocenters. The maximum Gasteiger partial charge on any atom is 0.261 e. The van der Waals surface area contributed by atoms with Gasteiger partial charge in [-0.15, -0.1) is 0 Å². The lowest BCUT2D eigenvalue weighted by Gasteiger charge is -2.30. The van der Waals surface area contributed by atoms with Gasteiger partial charge in [0, 0.05) is 0 Å². The molecular formula is C16H23NO3. The third kappa shape index (κ3) is 3.51. The number of carbonyl (C=O) groups excluding carboxylic acids is 1. The van der Waals surface area contributed by atoms with Crippen LogP contribution in [0.4, 0.5) is 0 Å². The first-order valence-electron chi connectivity index (χ1n) is 7.11. The van der Waals surface area contributed by atoms with Crippen molar-refractivity contribution in [1.29, 1.82) is 0 Å². The first-order chi connectivity index (χ1) is 9.44. The molecule has 2 rings (SSSR count). The van der Waals surface area contributed by atoms with Crippen LogP contribution in [0.2, 0.25) is 0 Å². The highest BCUT2D eigenvalue weighted by Gasteiger charge is 2.42. The minimum absolute atomic E-state index is 0.0411. The Hall–Kier alpha value is -1.55. The van der Waals surface area contributed by atoms with Crippen LogP contribution in [-0.2, 0) is 4.79 Å². The molecule has 0 heterocycles. The van der Waals surface area contributed by atoms with Gasteiger partial charge >= 0.3 is 0 Å². The van der Waals surface area contributed by atoms with Gasteiger partial charge in [0.25, 0.3) is 5.91 Å². The molecule has 2 unspecified atom stereocenters. The summed E-state index contributed by atoms with van der Waals surface area (Å²) in [5.74, 6) is 0.877. The molecule has 1 aromatic rings. The number of aryl methyl sites for hydroxylation is 1. The van der Waals surface area contributed by atoms with Gasteiger partial charge in [0.15, 0.2) is 6.10 Å². The van der Waals surface area contributed by atoms with Crippen LogP contribution in [0, 0.1) is 12.8 Å². The fourth-order valence-corrected chi connectivity index (χ4v) is 2.32. The highest BCUT2D eigenvalue weighted by atomic mass is 16.5. The maximum atomic E-state index is 12.2.